The number of allylic oxidation sites excluding steroid dienone is 3. The third-order valence-corrected chi connectivity index (χ3v) is 3.12. The van der Waals surface area contributed by atoms with Crippen molar-refractivity contribution in [3.05, 3.63) is 58.5 Å². The van der Waals surface area contributed by atoms with Crippen LogP contribution in [0.5, 0.6) is 0 Å². The average molecular weight is 310 g/mol. The molecule has 2 N–H and O–H groups in total. The van der Waals surface area contributed by atoms with Gasteiger partial charge in [0.15, 0.2) is 5.11 Å². The zero-order chi connectivity index (χ0) is 14.4. The minimum Gasteiger partial charge on any atom is -0.330 e. The number of hydrogen-bond acceptors (Lipinski definition) is 2. The van der Waals surface area contributed by atoms with Crippen molar-refractivity contribution in [1.29, 1.82) is 0 Å². The summed E-state index contributed by atoms with van der Waals surface area (Å²) in [5.41, 5.74) is 4.08. The molecule has 2 rings (SSSR count). The van der Waals surface area contributed by atoms with Crippen LogP contribution in [0.2, 0.25) is 0 Å². The summed E-state index contributed by atoms with van der Waals surface area (Å²) < 4.78 is 13.0. The van der Waals surface area contributed by atoms with Crippen LogP contribution in [0, 0.1) is 5.82 Å². The number of halogens is 2. The summed E-state index contributed by atoms with van der Waals surface area (Å²) >= 11 is 11.1. The fraction of sp³-hybridized carbons (Fsp3) is 0.143. The second kappa shape index (κ2) is 7.17. The Morgan fingerprint density at radius 1 is 1.35 bits per heavy atom. The first kappa shape index (κ1) is 14.7. The van der Waals surface area contributed by atoms with Gasteiger partial charge in [-0.25, -0.2) is 4.39 Å². The molecule has 0 bridgehead atoms. The second-order valence-electron chi connectivity index (χ2n) is 4.13. The lowest BCUT2D eigenvalue weighted by molar-refractivity contribution is 0.627. The number of nitrogens with zero attached hydrogens (tertiary/aromatic N) is 1. The molecule has 0 atom stereocenters. The maximum atomic E-state index is 13.0. The van der Waals surface area contributed by atoms with Crippen LogP contribution in [0.1, 0.15) is 18.4 Å². The molecule has 0 heterocycles. The summed E-state index contributed by atoms with van der Waals surface area (Å²) in [5.74, 6) is -0.307. The quantitative estimate of drug-likeness (QED) is 0.510. The maximum absolute atomic E-state index is 13.0. The minimum absolute atomic E-state index is 0.307. The van der Waals surface area contributed by atoms with Crippen molar-refractivity contribution in [2.24, 2.45) is 5.10 Å². The fourth-order valence-electron chi connectivity index (χ4n) is 1.66. The molecular weight excluding hydrogens is 297 g/mol. The first-order chi connectivity index (χ1) is 9.65. The Bertz CT molecular complexity index is 596. The van der Waals surface area contributed by atoms with Crippen LogP contribution in [0.3, 0.4) is 0 Å². The van der Waals surface area contributed by atoms with Gasteiger partial charge in [0, 0.05) is 0 Å². The lowest BCUT2D eigenvalue weighted by Crippen LogP contribution is -2.32. The fourth-order valence-corrected chi connectivity index (χ4v) is 2.05. The van der Waals surface area contributed by atoms with E-state index < -0.39 is 0 Å². The molecule has 0 unspecified atom stereocenters. The summed E-state index contributed by atoms with van der Waals surface area (Å²) in [4.78, 5) is 0. The highest BCUT2D eigenvalue weighted by Crippen LogP contribution is 2.19. The topological polar surface area (TPSA) is 36.4 Å². The smallest absolute Gasteiger partial charge is 0.191 e. The van der Waals surface area contributed by atoms with Crippen LogP contribution in [0.4, 0.5) is 4.39 Å². The predicted molar refractivity (Wildman–Crippen MR) is 84.1 cm³/mol. The van der Waals surface area contributed by atoms with Crippen molar-refractivity contribution in [1.82, 2.24) is 10.7 Å². The molecule has 1 aromatic rings. The summed E-state index contributed by atoms with van der Waals surface area (Å²) in [6.07, 6.45) is 7.26. The number of nitrogens with one attached hydrogen (secondary N) is 2. The van der Waals surface area contributed by atoms with E-state index in [1.165, 1.54) is 18.3 Å². The summed E-state index contributed by atoms with van der Waals surface area (Å²) in [6.45, 7) is 0. The molecule has 0 radical (unpaired) electrons. The summed E-state index contributed by atoms with van der Waals surface area (Å²) in [5, 5.41) is 7.88. The molecule has 0 aromatic heterocycles. The van der Waals surface area contributed by atoms with E-state index in [2.05, 4.69) is 15.8 Å². The van der Waals surface area contributed by atoms with Crippen molar-refractivity contribution in [2.75, 3.05) is 0 Å². The molecule has 3 nitrogen and oxygen atoms in total. The number of hydrogen-bond donors (Lipinski definition) is 2. The van der Waals surface area contributed by atoms with Crippen molar-refractivity contribution in [3.8, 4) is 0 Å². The van der Waals surface area contributed by atoms with E-state index in [0.29, 0.717) is 15.7 Å². The summed E-state index contributed by atoms with van der Waals surface area (Å²) in [6, 6.07) is 6.12. The standard InChI is InChI=1S/C14H13ClFN3S/c15-12-6-1-2-7-13(12)18-14(20)19-17-9-10-4-3-5-11(16)8-10/h3-9H,1-2H2,(H2,18,19,20)/b17-9+. The van der Waals surface area contributed by atoms with Crippen LogP contribution in [-0.2, 0) is 0 Å². The summed E-state index contributed by atoms with van der Waals surface area (Å²) in [7, 11) is 0. The zero-order valence-electron chi connectivity index (χ0n) is 10.6. The molecule has 20 heavy (non-hydrogen) atoms. The van der Waals surface area contributed by atoms with E-state index in [-0.39, 0.29) is 5.82 Å². The van der Waals surface area contributed by atoms with Gasteiger partial charge in [0.05, 0.1) is 16.9 Å². The van der Waals surface area contributed by atoms with Crippen LogP contribution >= 0.6 is 23.8 Å². The SMILES string of the molecule is Fc1cccc(/C=N/NC(=S)NC2=CCCC=C2Cl)c1. The molecule has 0 aliphatic heterocycles. The van der Waals surface area contributed by atoms with Crippen molar-refractivity contribution in [2.45, 2.75) is 12.8 Å². The van der Waals surface area contributed by atoms with E-state index in [1.807, 2.05) is 12.2 Å². The number of hydrazone groups is 1. The monoisotopic (exact) mass is 309 g/mol. The molecule has 0 saturated heterocycles. The lowest BCUT2D eigenvalue weighted by Gasteiger charge is -2.13. The molecule has 0 saturated carbocycles. The Morgan fingerprint density at radius 2 is 2.15 bits per heavy atom. The van der Waals surface area contributed by atoms with Crippen LogP contribution < -0.4 is 10.7 Å². The lowest BCUT2D eigenvalue weighted by atomic mass is 10.1. The van der Waals surface area contributed by atoms with Gasteiger partial charge < -0.3 is 5.32 Å². The molecule has 1 aliphatic carbocycles. The maximum Gasteiger partial charge on any atom is 0.191 e. The van der Waals surface area contributed by atoms with Gasteiger partial charge in [-0.3, -0.25) is 5.43 Å². The Labute approximate surface area is 127 Å². The van der Waals surface area contributed by atoms with E-state index in [1.54, 1.807) is 12.1 Å². The van der Waals surface area contributed by atoms with Crippen LogP contribution in [-0.4, -0.2) is 11.3 Å². The highest BCUT2D eigenvalue weighted by molar-refractivity contribution is 7.80. The van der Waals surface area contributed by atoms with Crippen LogP contribution in [0.25, 0.3) is 0 Å². The van der Waals surface area contributed by atoms with Gasteiger partial charge >= 0.3 is 0 Å². The third kappa shape index (κ3) is 4.43. The van der Waals surface area contributed by atoms with Gasteiger partial charge in [-0.2, -0.15) is 5.10 Å². The molecular formula is C14H13ClFN3S. The second-order valence-corrected chi connectivity index (χ2v) is 4.94. The highest BCUT2D eigenvalue weighted by atomic mass is 35.5. The van der Waals surface area contributed by atoms with E-state index in [0.717, 1.165) is 18.5 Å². The Kier molecular flexibility index (Phi) is 5.26. The van der Waals surface area contributed by atoms with Crippen molar-refractivity contribution in [3.63, 3.8) is 0 Å². The third-order valence-electron chi connectivity index (χ3n) is 2.57. The first-order valence-corrected chi connectivity index (χ1v) is 6.85. The van der Waals surface area contributed by atoms with E-state index >= 15 is 0 Å². The normalized spacial score (nSPS) is 14.7. The number of benzene rings is 1. The molecule has 0 amide bonds. The van der Waals surface area contributed by atoms with Gasteiger partial charge in [0.1, 0.15) is 5.82 Å². The number of thiocarbonyl (C=S) groups is 1. The van der Waals surface area contributed by atoms with E-state index in [4.69, 9.17) is 23.8 Å². The van der Waals surface area contributed by atoms with Gasteiger partial charge in [0.25, 0.3) is 0 Å². The van der Waals surface area contributed by atoms with Gasteiger partial charge in [-0.05, 0) is 42.8 Å². The van der Waals surface area contributed by atoms with Crippen molar-refractivity contribution >= 4 is 35.1 Å². The molecule has 0 fully saturated rings. The molecule has 1 aromatic carbocycles. The number of rotatable bonds is 3. The van der Waals surface area contributed by atoms with Gasteiger partial charge in [-0.15, -0.1) is 0 Å². The highest BCUT2D eigenvalue weighted by Gasteiger charge is 2.07. The minimum atomic E-state index is -0.307. The Hall–Kier alpha value is -1.72. The first-order valence-electron chi connectivity index (χ1n) is 6.07. The van der Waals surface area contributed by atoms with Crippen LogP contribution in [0.15, 0.2) is 52.2 Å². The van der Waals surface area contributed by atoms with Gasteiger partial charge in [0.2, 0.25) is 0 Å². The molecule has 104 valence electrons. The van der Waals surface area contributed by atoms with Gasteiger partial charge in [-0.1, -0.05) is 35.9 Å². The van der Waals surface area contributed by atoms with Crippen molar-refractivity contribution < 1.29 is 4.39 Å². The zero-order valence-corrected chi connectivity index (χ0v) is 12.1. The molecule has 1 aliphatic rings. The molecule has 0 spiro atoms. The predicted octanol–water partition coefficient (Wildman–Crippen LogP) is 3.42. The molecule has 6 heteroatoms. The van der Waals surface area contributed by atoms with E-state index in [9.17, 15) is 4.39 Å². The Balaban J connectivity index is 1.86. The largest absolute Gasteiger partial charge is 0.330 e. The average Bonchev–Trinajstić information content (AvgIpc) is 2.41. The Morgan fingerprint density at radius 3 is 2.90 bits per heavy atom.